The van der Waals surface area contributed by atoms with Gasteiger partial charge in [-0.15, -0.1) is 0 Å². The second-order valence-electron chi connectivity index (χ2n) is 4.67. The van der Waals surface area contributed by atoms with E-state index < -0.39 is 19.3 Å². The van der Waals surface area contributed by atoms with Gasteiger partial charge in [-0.1, -0.05) is 25.0 Å². The summed E-state index contributed by atoms with van der Waals surface area (Å²) in [6, 6.07) is 0. The van der Waals surface area contributed by atoms with Crippen LogP contribution in [0.4, 0.5) is 0 Å². The fraction of sp³-hybridized carbons (Fsp3) is 0.800. The van der Waals surface area contributed by atoms with Crippen molar-refractivity contribution in [2.45, 2.75) is 49.0 Å². The number of fused-ring (bicyclic) bond motifs is 2. The summed E-state index contributed by atoms with van der Waals surface area (Å²) < 4.78 is 23.2. The van der Waals surface area contributed by atoms with E-state index >= 15 is 0 Å². The van der Waals surface area contributed by atoms with Gasteiger partial charge in [0, 0.05) is 0 Å². The normalized spacial score (nSPS) is 47.5. The molecule has 2 aliphatic heterocycles. The molecule has 0 aromatic carbocycles. The molecule has 2 atom stereocenters. The average Bonchev–Trinajstić information content (AvgIpc) is 2.15. The number of rotatable bonds is 0. The maximum Gasteiger partial charge on any atom is 0.168 e. The second-order valence-corrected chi connectivity index (χ2v) is 7.54. The molecule has 1 saturated heterocycles. The van der Waals surface area contributed by atoms with E-state index in [1.54, 1.807) is 0 Å². The van der Waals surface area contributed by atoms with E-state index in [1.165, 1.54) is 0 Å². The molecule has 0 aliphatic carbocycles. The number of hydrogen-bond donors (Lipinski definition) is 0. The lowest BCUT2D eigenvalue weighted by molar-refractivity contribution is 0.545. The summed E-state index contributed by atoms with van der Waals surface area (Å²) in [6.07, 6.45) is 7.47. The summed E-state index contributed by atoms with van der Waals surface area (Å²) in [4.78, 5) is 0. The zero-order valence-electron chi connectivity index (χ0n) is 8.21. The molecule has 2 unspecified atom stereocenters. The van der Waals surface area contributed by atoms with Gasteiger partial charge >= 0.3 is 0 Å². The van der Waals surface area contributed by atoms with Crippen molar-refractivity contribution in [2.24, 2.45) is 0 Å². The molecule has 0 aromatic heterocycles. The van der Waals surface area contributed by atoms with E-state index in [4.69, 9.17) is 0 Å². The van der Waals surface area contributed by atoms with Crippen molar-refractivity contribution in [3.05, 3.63) is 12.2 Å². The highest BCUT2D eigenvalue weighted by atomic mass is 32.2. The van der Waals surface area contributed by atoms with Gasteiger partial charge in [-0.2, -0.15) is 0 Å². The van der Waals surface area contributed by atoms with Crippen LogP contribution in [0.5, 0.6) is 0 Å². The van der Waals surface area contributed by atoms with Crippen LogP contribution in [0, 0.1) is 0 Å². The Morgan fingerprint density at radius 2 is 1.38 bits per heavy atom. The van der Waals surface area contributed by atoms with Crippen molar-refractivity contribution in [3.8, 4) is 0 Å². The van der Waals surface area contributed by atoms with E-state index in [9.17, 15) is 8.42 Å². The SMILES string of the molecule is CC12C=CC(C)(CCCC1)S2(=O)=O. The third-order valence-corrected chi connectivity index (χ3v) is 6.75. The molecule has 0 aromatic rings. The largest absolute Gasteiger partial charge is 0.227 e. The minimum atomic E-state index is -2.98. The predicted molar refractivity (Wildman–Crippen MR) is 53.3 cm³/mol. The van der Waals surface area contributed by atoms with Crippen LogP contribution in [0.15, 0.2) is 12.2 Å². The van der Waals surface area contributed by atoms with Crippen LogP contribution in [-0.2, 0) is 9.84 Å². The van der Waals surface area contributed by atoms with Gasteiger partial charge in [0.1, 0.15) is 0 Å². The van der Waals surface area contributed by atoms with Gasteiger partial charge in [-0.05, 0) is 26.7 Å². The van der Waals surface area contributed by atoms with Crippen LogP contribution >= 0.6 is 0 Å². The number of sulfone groups is 1. The first kappa shape index (κ1) is 9.25. The molecule has 2 rings (SSSR count). The molecule has 0 N–H and O–H groups in total. The van der Waals surface area contributed by atoms with Crippen LogP contribution < -0.4 is 0 Å². The molecular weight excluding hydrogens is 184 g/mol. The van der Waals surface area contributed by atoms with Crippen molar-refractivity contribution in [1.82, 2.24) is 0 Å². The third kappa shape index (κ3) is 0.967. The number of hydrogen-bond acceptors (Lipinski definition) is 2. The summed E-state index contributed by atoms with van der Waals surface area (Å²) in [5.74, 6) is 0. The maximum absolute atomic E-state index is 12.2. The van der Waals surface area contributed by atoms with Crippen molar-refractivity contribution in [2.75, 3.05) is 0 Å². The lowest BCUT2D eigenvalue weighted by atomic mass is 9.93. The summed E-state index contributed by atoms with van der Waals surface area (Å²) in [6.45, 7) is 3.71. The van der Waals surface area contributed by atoms with Gasteiger partial charge in [-0.25, -0.2) is 8.42 Å². The molecule has 1 fully saturated rings. The fourth-order valence-corrected chi connectivity index (χ4v) is 4.84. The van der Waals surface area contributed by atoms with Crippen molar-refractivity contribution >= 4 is 9.84 Å². The summed E-state index contributed by atoms with van der Waals surface area (Å²) in [5.41, 5.74) is 0. The summed E-state index contributed by atoms with van der Waals surface area (Å²) >= 11 is 0. The monoisotopic (exact) mass is 200 g/mol. The van der Waals surface area contributed by atoms with Crippen LogP contribution in [0.2, 0.25) is 0 Å². The first-order valence-electron chi connectivity index (χ1n) is 4.86. The molecule has 2 nitrogen and oxygen atoms in total. The van der Waals surface area contributed by atoms with Crippen molar-refractivity contribution < 1.29 is 8.42 Å². The second kappa shape index (κ2) is 2.38. The van der Waals surface area contributed by atoms with E-state index in [2.05, 4.69) is 0 Å². The Labute approximate surface area is 79.9 Å². The Morgan fingerprint density at radius 3 is 1.77 bits per heavy atom. The van der Waals surface area contributed by atoms with E-state index in [1.807, 2.05) is 26.0 Å². The highest BCUT2D eigenvalue weighted by molar-refractivity contribution is 7.94. The Hall–Kier alpha value is -0.310. The molecule has 0 spiro atoms. The highest BCUT2D eigenvalue weighted by Crippen LogP contribution is 2.46. The zero-order chi connectivity index (χ0) is 9.74. The zero-order valence-corrected chi connectivity index (χ0v) is 9.02. The Bertz CT molecular complexity index is 327. The maximum atomic E-state index is 12.2. The van der Waals surface area contributed by atoms with E-state index in [0.717, 1.165) is 25.7 Å². The molecule has 0 saturated carbocycles. The predicted octanol–water partition coefficient (Wildman–Crippen LogP) is 2.06. The molecule has 2 aliphatic rings. The molecule has 0 amide bonds. The molecule has 13 heavy (non-hydrogen) atoms. The molecule has 3 heteroatoms. The van der Waals surface area contributed by atoms with Crippen LogP contribution in [0.1, 0.15) is 39.5 Å². The molecule has 0 radical (unpaired) electrons. The van der Waals surface area contributed by atoms with Gasteiger partial charge in [0.15, 0.2) is 9.84 Å². The smallest absolute Gasteiger partial charge is 0.168 e. The molecular formula is C10H16O2S. The van der Waals surface area contributed by atoms with Gasteiger partial charge in [0.2, 0.25) is 0 Å². The van der Waals surface area contributed by atoms with E-state index in [0.29, 0.717) is 0 Å². The van der Waals surface area contributed by atoms with E-state index in [-0.39, 0.29) is 0 Å². The Kier molecular flexibility index (Phi) is 1.69. The first-order chi connectivity index (χ1) is 5.91. The van der Waals surface area contributed by atoms with Gasteiger partial charge in [-0.3, -0.25) is 0 Å². The minimum Gasteiger partial charge on any atom is -0.227 e. The van der Waals surface area contributed by atoms with Crippen LogP contribution in [0.3, 0.4) is 0 Å². The van der Waals surface area contributed by atoms with Crippen molar-refractivity contribution in [3.63, 3.8) is 0 Å². The third-order valence-electron chi connectivity index (χ3n) is 3.61. The van der Waals surface area contributed by atoms with Gasteiger partial charge in [0.05, 0.1) is 9.49 Å². The van der Waals surface area contributed by atoms with Gasteiger partial charge in [0.25, 0.3) is 0 Å². The Morgan fingerprint density at radius 1 is 1.00 bits per heavy atom. The summed E-state index contributed by atoms with van der Waals surface area (Å²) in [5, 5.41) is 0. The summed E-state index contributed by atoms with van der Waals surface area (Å²) in [7, 11) is -2.98. The minimum absolute atomic E-state index is 0.571. The van der Waals surface area contributed by atoms with Crippen molar-refractivity contribution in [1.29, 1.82) is 0 Å². The fourth-order valence-electron chi connectivity index (χ4n) is 2.45. The topological polar surface area (TPSA) is 34.1 Å². The molecule has 2 bridgehead atoms. The average molecular weight is 200 g/mol. The van der Waals surface area contributed by atoms with Gasteiger partial charge < -0.3 is 0 Å². The lowest BCUT2D eigenvalue weighted by Gasteiger charge is -2.26. The van der Waals surface area contributed by atoms with Crippen LogP contribution in [0.25, 0.3) is 0 Å². The highest BCUT2D eigenvalue weighted by Gasteiger charge is 2.53. The Balaban J connectivity index is 2.61. The van der Waals surface area contributed by atoms with Crippen LogP contribution in [-0.4, -0.2) is 17.9 Å². The molecule has 74 valence electrons. The first-order valence-corrected chi connectivity index (χ1v) is 6.34. The molecule has 2 heterocycles. The quantitative estimate of drug-likeness (QED) is 0.561. The lowest BCUT2D eigenvalue weighted by Crippen LogP contribution is -2.39. The standard InChI is InChI=1S/C10H16O2S/c1-9-5-3-4-6-10(2,8-7-9)13(9,11)12/h7-8H,3-6H2,1-2H3.